The van der Waals surface area contributed by atoms with Gasteiger partial charge in [-0.1, -0.05) is 40.3 Å². The van der Waals surface area contributed by atoms with Crippen LogP contribution in [0.25, 0.3) is 10.2 Å². The summed E-state index contributed by atoms with van der Waals surface area (Å²) in [4.78, 5) is 28.3. The van der Waals surface area contributed by atoms with Crippen molar-refractivity contribution in [3.8, 4) is 0 Å². The molecule has 3 aromatic rings. The summed E-state index contributed by atoms with van der Waals surface area (Å²) in [5.74, 6) is -0.868. The van der Waals surface area contributed by atoms with Gasteiger partial charge < -0.3 is 10.6 Å². The van der Waals surface area contributed by atoms with E-state index in [1.54, 1.807) is 12.1 Å². The summed E-state index contributed by atoms with van der Waals surface area (Å²) >= 11 is 4.54. The average Bonchev–Trinajstić information content (AvgIpc) is 2.99. The molecule has 8 heteroatoms. The number of nitrogens with one attached hydrogen (secondary N) is 2. The first-order valence-electron chi connectivity index (χ1n) is 8.39. The zero-order valence-electron chi connectivity index (χ0n) is 14.5. The Morgan fingerprint density at radius 2 is 1.96 bits per heavy atom. The van der Waals surface area contributed by atoms with E-state index in [4.69, 9.17) is 0 Å². The second-order valence-corrected chi connectivity index (χ2v) is 7.91. The summed E-state index contributed by atoms with van der Waals surface area (Å²) < 4.78 is 15.3. The number of rotatable bonds is 6. The largest absolute Gasteiger partial charge is 0.323 e. The standard InChI is InChI=1S/C19H17BrFN3O2S/c1-2-3-17(25)24-19-23-15-6-4-11(8-16(15)27-19)9-18(26)22-14-7-5-12(20)10-13(14)21/h4-8,10H,2-3,9H2,1H3,(H,22,26)(H,23,24,25). The quantitative estimate of drug-likeness (QED) is 0.548. The average molecular weight is 450 g/mol. The Morgan fingerprint density at radius 3 is 2.70 bits per heavy atom. The zero-order chi connectivity index (χ0) is 19.4. The van der Waals surface area contributed by atoms with E-state index in [9.17, 15) is 14.0 Å². The molecule has 0 saturated carbocycles. The van der Waals surface area contributed by atoms with Crippen LogP contribution in [0.2, 0.25) is 0 Å². The number of anilines is 2. The van der Waals surface area contributed by atoms with Crippen LogP contribution in [0.4, 0.5) is 15.2 Å². The minimum absolute atomic E-state index is 0.0623. The maximum absolute atomic E-state index is 13.8. The number of aromatic nitrogens is 1. The highest BCUT2D eigenvalue weighted by atomic mass is 79.9. The molecule has 0 aliphatic heterocycles. The summed E-state index contributed by atoms with van der Waals surface area (Å²) in [6, 6.07) is 9.94. The molecule has 0 aliphatic carbocycles. The number of carbonyl (C=O) groups excluding carboxylic acids is 2. The van der Waals surface area contributed by atoms with Crippen LogP contribution in [0.1, 0.15) is 25.3 Å². The molecule has 0 bridgehead atoms. The highest BCUT2D eigenvalue weighted by molar-refractivity contribution is 9.10. The minimum Gasteiger partial charge on any atom is -0.323 e. The van der Waals surface area contributed by atoms with Crippen LogP contribution in [0.15, 0.2) is 40.9 Å². The van der Waals surface area contributed by atoms with Crippen LogP contribution >= 0.6 is 27.3 Å². The van der Waals surface area contributed by atoms with Gasteiger partial charge in [0.2, 0.25) is 11.8 Å². The van der Waals surface area contributed by atoms with E-state index in [0.29, 0.717) is 16.0 Å². The fourth-order valence-electron chi connectivity index (χ4n) is 2.51. The molecule has 0 atom stereocenters. The molecule has 0 unspecified atom stereocenters. The number of thiazole rings is 1. The molecule has 27 heavy (non-hydrogen) atoms. The lowest BCUT2D eigenvalue weighted by Gasteiger charge is -2.07. The molecule has 0 aliphatic rings. The second-order valence-electron chi connectivity index (χ2n) is 5.97. The van der Waals surface area contributed by atoms with Gasteiger partial charge in [0.25, 0.3) is 0 Å². The molecule has 2 amide bonds. The van der Waals surface area contributed by atoms with E-state index in [1.807, 2.05) is 19.1 Å². The van der Waals surface area contributed by atoms with Crippen LogP contribution < -0.4 is 10.6 Å². The third-order valence-electron chi connectivity index (χ3n) is 3.75. The molecule has 0 saturated heterocycles. The first-order chi connectivity index (χ1) is 12.9. The maximum atomic E-state index is 13.8. The highest BCUT2D eigenvalue weighted by Gasteiger charge is 2.11. The van der Waals surface area contributed by atoms with Crippen molar-refractivity contribution in [2.45, 2.75) is 26.2 Å². The normalized spacial score (nSPS) is 10.8. The zero-order valence-corrected chi connectivity index (χ0v) is 16.9. The van der Waals surface area contributed by atoms with Crippen molar-refractivity contribution in [1.82, 2.24) is 4.98 Å². The van der Waals surface area contributed by atoms with Gasteiger partial charge in [0, 0.05) is 10.9 Å². The third kappa shape index (κ3) is 5.11. The number of nitrogens with zero attached hydrogens (tertiary/aromatic N) is 1. The van der Waals surface area contributed by atoms with E-state index in [0.717, 1.165) is 22.2 Å². The predicted molar refractivity (Wildman–Crippen MR) is 110 cm³/mol. The van der Waals surface area contributed by atoms with E-state index in [1.165, 1.54) is 23.5 Å². The van der Waals surface area contributed by atoms with Crippen LogP contribution in [0, 0.1) is 5.82 Å². The fourth-order valence-corrected chi connectivity index (χ4v) is 3.79. The first-order valence-corrected chi connectivity index (χ1v) is 10.00. The molecule has 0 radical (unpaired) electrons. The number of hydrogen-bond acceptors (Lipinski definition) is 4. The van der Waals surface area contributed by atoms with Crippen molar-refractivity contribution in [2.75, 3.05) is 10.6 Å². The van der Waals surface area contributed by atoms with Crippen molar-refractivity contribution in [3.63, 3.8) is 0 Å². The third-order valence-corrected chi connectivity index (χ3v) is 5.17. The lowest BCUT2D eigenvalue weighted by molar-refractivity contribution is -0.116. The van der Waals surface area contributed by atoms with Gasteiger partial charge in [-0.25, -0.2) is 9.37 Å². The summed E-state index contributed by atoms with van der Waals surface area (Å²) in [5.41, 5.74) is 1.69. The maximum Gasteiger partial charge on any atom is 0.228 e. The lowest BCUT2D eigenvalue weighted by atomic mass is 10.1. The SMILES string of the molecule is CCCC(=O)Nc1nc2ccc(CC(=O)Nc3ccc(Br)cc3F)cc2s1. The molecule has 140 valence electrons. The summed E-state index contributed by atoms with van der Waals surface area (Å²) in [6.45, 7) is 1.94. The number of amides is 2. The Labute approximate surface area is 168 Å². The molecule has 1 heterocycles. The topological polar surface area (TPSA) is 71.1 Å². The molecular formula is C19H17BrFN3O2S. The van der Waals surface area contributed by atoms with Gasteiger partial charge in [0.05, 0.1) is 22.3 Å². The minimum atomic E-state index is -0.497. The van der Waals surface area contributed by atoms with Gasteiger partial charge in [0.1, 0.15) is 5.82 Å². The fraction of sp³-hybridized carbons (Fsp3) is 0.211. The lowest BCUT2D eigenvalue weighted by Crippen LogP contribution is -2.15. The van der Waals surface area contributed by atoms with Crippen LogP contribution in [-0.4, -0.2) is 16.8 Å². The Balaban J connectivity index is 1.69. The van der Waals surface area contributed by atoms with Crippen molar-refractivity contribution < 1.29 is 14.0 Å². The predicted octanol–water partition coefficient (Wildman–Crippen LogP) is 5.12. The Hall–Kier alpha value is -2.32. The highest BCUT2D eigenvalue weighted by Crippen LogP contribution is 2.27. The molecule has 3 rings (SSSR count). The van der Waals surface area contributed by atoms with Gasteiger partial charge in [-0.05, 0) is 42.3 Å². The second kappa shape index (κ2) is 8.58. The summed E-state index contributed by atoms with van der Waals surface area (Å²) in [6.07, 6.45) is 1.34. The Morgan fingerprint density at radius 1 is 1.15 bits per heavy atom. The summed E-state index contributed by atoms with van der Waals surface area (Å²) in [7, 11) is 0. The van der Waals surface area contributed by atoms with Crippen molar-refractivity contribution >= 4 is 60.1 Å². The van der Waals surface area contributed by atoms with Crippen LogP contribution in [0.3, 0.4) is 0 Å². The van der Waals surface area contributed by atoms with Crippen LogP contribution in [-0.2, 0) is 16.0 Å². The van der Waals surface area contributed by atoms with Gasteiger partial charge in [-0.3, -0.25) is 9.59 Å². The van der Waals surface area contributed by atoms with Crippen molar-refractivity contribution in [2.24, 2.45) is 0 Å². The van der Waals surface area contributed by atoms with E-state index >= 15 is 0 Å². The van der Waals surface area contributed by atoms with Gasteiger partial charge in [-0.2, -0.15) is 0 Å². The Kier molecular flexibility index (Phi) is 6.18. The molecule has 2 N–H and O–H groups in total. The van der Waals surface area contributed by atoms with Crippen LogP contribution in [0.5, 0.6) is 0 Å². The molecule has 2 aromatic carbocycles. The number of fused-ring (bicyclic) bond motifs is 1. The number of benzene rings is 2. The van der Waals surface area contributed by atoms with E-state index in [2.05, 4.69) is 31.5 Å². The van der Waals surface area contributed by atoms with Gasteiger partial charge in [0.15, 0.2) is 5.13 Å². The molecule has 5 nitrogen and oxygen atoms in total. The molecule has 0 spiro atoms. The Bertz CT molecular complexity index is 1010. The van der Waals surface area contributed by atoms with Gasteiger partial charge in [-0.15, -0.1) is 0 Å². The summed E-state index contributed by atoms with van der Waals surface area (Å²) in [5, 5.41) is 5.90. The molecule has 0 fully saturated rings. The smallest absolute Gasteiger partial charge is 0.228 e. The first kappa shape index (κ1) is 19.4. The number of halogens is 2. The monoisotopic (exact) mass is 449 g/mol. The number of carbonyl (C=O) groups is 2. The van der Waals surface area contributed by atoms with Gasteiger partial charge >= 0.3 is 0 Å². The van der Waals surface area contributed by atoms with E-state index in [-0.39, 0.29) is 23.9 Å². The van der Waals surface area contributed by atoms with Crippen molar-refractivity contribution in [1.29, 1.82) is 0 Å². The molecule has 1 aromatic heterocycles. The molecular weight excluding hydrogens is 433 g/mol. The van der Waals surface area contributed by atoms with Crippen molar-refractivity contribution in [3.05, 3.63) is 52.3 Å². The number of hydrogen-bond donors (Lipinski definition) is 2. The van der Waals surface area contributed by atoms with E-state index < -0.39 is 5.82 Å².